The summed E-state index contributed by atoms with van der Waals surface area (Å²) in [5.41, 5.74) is 0. The molecular formula is C24H50O4S. The van der Waals surface area contributed by atoms with Gasteiger partial charge in [0, 0.05) is 0 Å². The third-order valence-electron chi connectivity index (χ3n) is 6.02. The molecule has 0 aromatic rings. The lowest BCUT2D eigenvalue weighted by Gasteiger charge is -2.10. The van der Waals surface area contributed by atoms with Crippen molar-refractivity contribution in [3.05, 3.63) is 0 Å². The van der Waals surface area contributed by atoms with Gasteiger partial charge in [-0.2, -0.15) is 8.42 Å². The Balaban J connectivity index is 3.19. The Kier molecular flexibility index (Phi) is 19.7. The van der Waals surface area contributed by atoms with Crippen LogP contribution in [0.3, 0.4) is 0 Å². The average molecular weight is 435 g/mol. The first-order valence-corrected chi connectivity index (χ1v) is 14.0. The van der Waals surface area contributed by atoms with Crippen LogP contribution in [0.25, 0.3) is 0 Å². The van der Waals surface area contributed by atoms with E-state index in [0.29, 0.717) is 12.8 Å². The van der Waals surface area contributed by atoms with Gasteiger partial charge in [0.05, 0.1) is 11.4 Å². The zero-order chi connectivity index (χ0) is 21.8. The van der Waals surface area contributed by atoms with Crippen molar-refractivity contribution >= 4 is 10.1 Å². The highest BCUT2D eigenvalue weighted by Crippen LogP contribution is 2.17. The molecule has 0 aromatic heterocycles. The van der Waals surface area contributed by atoms with E-state index in [-0.39, 0.29) is 6.10 Å². The monoisotopic (exact) mass is 434 g/mol. The highest BCUT2D eigenvalue weighted by Gasteiger charge is 2.19. The fraction of sp³-hybridized carbons (Fsp3) is 1.00. The smallest absolute Gasteiger partial charge is 0.267 e. The van der Waals surface area contributed by atoms with Gasteiger partial charge in [-0.05, 0) is 26.2 Å². The van der Waals surface area contributed by atoms with Crippen LogP contribution in [-0.4, -0.2) is 29.4 Å². The van der Waals surface area contributed by atoms with Gasteiger partial charge in [-0.15, -0.1) is 0 Å². The van der Waals surface area contributed by atoms with Crippen LogP contribution in [0, 0.1) is 0 Å². The summed E-state index contributed by atoms with van der Waals surface area (Å²) in [4.78, 5) is 0. The second-order valence-corrected chi connectivity index (χ2v) is 10.7. The van der Waals surface area contributed by atoms with E-state index in [1.165, 1.54) is 96.3 Å². The summed E-state index contributed by atoms with van der Waals surface area (Å²) in [7, 11) is -3.85. The molecule has 4 nitrogen and oxygen atoms in total. The Labute approximate surface area is 182 Å². The zero-order valence-electron chi connectivity index (χ0n) is 19.4. The summed E-state index contributed by atoms with van der Waals surface area (Å²) in [5, 5.41) is 8.64. The Morgan fingerprint density at radius 1 is 0.586 bits per heavy atom. The van der Waals surface area contributed by atoms with Gasteiger partial charge >= 0.3 is 0 Å². The Bertz CT molecular complexity index is 434. The van der Waals surface area contributed by atoms with Crippen molar-refractivity contribution in [3.63, 3.8) is 0 Å². The maximum atomic E-state index is 11.1. The Hall–Kier alpha value is -0.130. The molecule has 2 N–H and O–H groups in total. The van der Waals surface area contributed by atoms with Gasteiger partial charge in [0.15, 0.2) is 0 Å². The zero-order valence-corrected chi connectivity index (χ0v) is 20.2. The number of rotatable bonds is 22. The highest BCUT2D eigenvalue weighted by atomic mass is 32.2. The molecule has 0 saturated carbocycles. The molecule has 5 heteroatoms. The van der Waals surface area contributed by atoms with E-state index < -0.39 is 15.4 Å². The maximum Gasteiger partial charge on any atom is 0.267 e. The molecule has 0 rings (SSSR count). The highest BCUT2D eigenvalue weighted by molar-refractivity contribution is 7.86. The van der Waals surface area contributed by atoms with Gasteiger partial charge in [0.2, 0.25) is 0 Å². The lowest BCUT2D eigenvalue weighted by molar-refractivity contribution is 0.180. The second kappa shape index (κ2) is 19.8. The minimum atomic E-state index is -3.85. The normalized spacial score (nSPS) is 14.2. The predicted octanol–water partition coefficient (Wildman–Crippen LogP) is 7.45. The van der Waals surface area contributed by atoms with Gasteiger partial charge in [0.25, 0.3) is 10.1 Å². The molecule has 0 spiro atoms. The molecule has 0 amide bonds. The standard InChI is InChI=1S/C24H50O4S/c1-3-24(29(26,27)28)22-20-18-16-14-12-10-8-6-4-5-7-9-11-13-15-17-19-21-23(2)25/h23-25H,3-22H2,1-2H3,(H,26,27,28). The molecule has 0 heterocycles. The molecule has 176 valence electrons. The van der Waals surface area contributed by atoms with Gasteiger partial charge in [-0.25, -0.2) is 0 Å². The number of unbranched alkanes of at least 4 members (excludes halogenated alkanes) is 16. The molecule has 0 aliphatic carbocycles. The summed E-state index contributed by atoms with van der Waals surface area (Å²) in [6.07, 6.45) is 23.7. The first kappa shape index (κ1) is 28.9. The molecule has 0 fully saturated rings. The van der Waals surface area contributed by atoms with Crippen molar-refractivity contribution in [2.24, 2.45) is 0 Å². The number of aliphatic hydroxyl groups is 1. The van der Waals surface area contributed by atoms with E-state index in [0.717, 1.165) is 19.3 Å². The fourth-order valence-corrected chi connectivity index (χ4v) is 4.91. The van der Waals surface area contributed by atoms with Crippen molar-refractivity contribution in [3.8, 4) is 0 Å². The first-order valence-electron chi connectivity index (χ1n) is 12.5. The number of hydrogen-bond donors (Lipinski definition) is 2. The molecule has 0 aliphatic heterocycles. The first-order chi connectivity index (χ1) is 13.9. The molecule has 0 aromatic carbocycles. The summed E-state index contributed by atoms with van der Waals surface area (Å²) in [5.74, 6) is 0. The SMILES string of the molecule is CCC(CCCCCCCCCCCCCCCCCCCC(C)O)S(=O)(=O)O. The van der Waals surface area contributed by atoms with Gasteiger partial charge < -0.3 is 5.11 Å². The van der Waals surface area contributed by atoms with E-state index in [2.05, 4.69) is 0 Å². The van der Waals surface area contributed by atoms with Crippen LogP contribution in [0.1, 0.15) is 142 Å². The molecule has 0 aliphatic rings. The van der Waals surface area contributed by atoms with Crippen molar-refractivity contribution in [2.75, 3.05) is 0 Å². The third-order valence-corrected chi connectivity index (χ3v) is 7.44. The van der Waals surface area contributed by atoms with Crippen LogP contribution in [-0.2, 0) is 10.1 Å². The van der Waals surface area contributed by atoms with Crippen LogP contribution in [0.4, 0.5) is 0 Å². The minimum Gasteiger partial charge on any atom is -0.393 e. The van der Waals surface area contributed by atoms with Crippen molar-refractivity contribution in [1.82, 2.24) is 0 Å². The van der Waals surface area contributed by atoms with E-state index in [1.54, 1.807) is 0 Å². The van der Waals surface area contributed by atoms with Crippen molar-refractivity contribution in [2.45, 2.75) is 154 Å². The van der Waals surface area contributed by atoms with Crippen LogP contribution in [0.5, 0.6) is 0 Å². The van der Waals surface area contributed by atoms with Crippen LogP contribution in [0.15, 0.2) is 0 Å². The van der Waals surface area contributed by atoms with Crippen LogP contribution >= 0.6 is 0 Å². The van der Waals surface area contributed by atoms with Gasteiger partial charge in [-0.1, -0.05) is 116 Å². The van der Waals surface area contributed by atoms with E-state index in [4.69, 9.17) is 4.55 Å². The second-order valence-electron chi connectivity index (χ2n) is 8.98. The molecule has 0 saturated heterocycles. The van der Waals surface area contributed by atoms with Crippen molar-refractivity contribution < 1.29 is 18.1 Å². The molecule has 2 atom stereocenters. The summed E-state index contributed by atoms with van der Waals surface area (Å²) in [6.45, 7) is 3.70. The Morgan fingerprint density at radius 2 is 0.862 bits per heavy atom. The molecule has 29 heavy (non-hydrogen) atoms. The quantitative estimate of drug-likeness (QED) is 0.137. The minimum absolute atomic E-state index is 0.130. The topological polar surface area (TPSA) is 74.6 Å². The lowest BCUT2D eigenvalue weighted by atomic mass is 10.0. The van der Waals surface area contributed by atoms with E-state index in [9.17, 15) is 13.5 Å². The van der Waals surface area contributed by atoms with Gasteiger partial charge in [0.1, 0.15) is 0 Å². The predicted molar refractivity (Wildman–Crippen MR) is 125 cm³/mol. The van der Waals surface area contributed by atoms with Crippen LogP contribution < -0.4 is 0 Å². The Morgan fingerprint density at radius 3 is 1.10 bits per heavy atom. The molecule has 0 bridgehead atoms. The summed E-state index contributed by atoms with van der Waals surface area (Å²) in [6, 6.07) is 0. The maximum absolute atomic E-state index is 11.1. The molecule has 0 radical (unpaired) electrons. The third kappa shape index (κ3) is 20.9. The summed E-state index contributed by atoms with van der Waals surface area (Å²) >= 11 is 0. The lowest BCUT2D eigenvalue weighted by Crippen LogP contribution is -2.19. The number of hydrogen-bond acceptors (Lipinski definition) is 3. The summed E-state index contributed by atoms with van der Waals surface area (Å²) < 4.78 is 31.4. The number of aliphatic hydroxyl groups excluding tert-OH is 1. The largest absolute Gasteiger partial charge is 0.393 e. The van der Waals surface area contributed by atoms with Crippen molar-refractivity contribution in [1.29, 1.82) is 0 Å². The molecular weight excluding hydrogens is 384 g/mol. The van der Waals surface area contributed by atoms with E-state index >= 15 is 0 Å². The average Bonchev–Trinajstić information content (AvgIpc) is 2.65. The molecule has 2 unspecified atom stereocenters. The van der Waals surface area contributed by atoms with E-state index in [1.807, 2.05) is 13.8 Å². The fourth-order valence-electron chi connectivity index (χ4n) is 4.03. The van der Waals surface area contributed by atoms with Gasteiger partial charge in [-0.3, -0.25) is 4.55 Å². The van der Waals surface area contributed by atoms with Crippen LogP contribution in [0.2, 0.25) is 0 Å².